The molecule has 0 heterocycles. The minimum absolute atomic E-state index is 0. The molecule has 0 spiro atoms. The quantitative estimate of drug-likeness (QED) is 0.170. The Morgan fingerprint density at radius 3 is 1.44 bits per heavy atom. The van der Waals surface area contributed by atoms with Crippen LogP contribution in [0, 0.1) is 21.3 Å². The molecule has 3 rings (SSSR count). The molecule has 1 radical (unpaired) electrons. The van der Waals surface area contributed by atoms with E-state index in [4.69, 9.17) is 9.98 Å². The molecule has 0 amide bonds. The molecule has 0 atom stereocenters. The number of benzene rings is 3. The topological polar surface area (TPSA) is 65.2 Å². The van der Waals surface area contributed by atoms with Gasteiger partial charge in [0.15, 0.2) is 0 Å². The van der Waals surface area contributed by atoms with Gasteiger partial charge in [-0.25, -0.2) is 0 Å². The Morgan fingerprint density at radius 2 is 1.05 bits per heavy atom. The standard InChI is InChI=1S/C35H46N2O2.CH3.Co/c1-9-34(8,10-2)28-18-24(6)32(38)26(20-28)22-36-30-16-14-15-17-31(30)37-23-27-21-29(19-25(7)33(27)39)35(11-3,12-4)13-5;;/h14-23,38-39H,9-13H2,1-8H3;1H3;/q;-1;. The molecule has 0 saturated heterocycles. The Balaban J connectivity index is 0.00000420. The van der Waals surface area contributed by atoms with E-state index in [2.05, 4.69) is 65.8 Å². The Labute approximate surface area is 259 Å². The van der Waals surface area contributed by atoms with Gasteiger partial charge in [-0.2, -0.15) is 0 Å². The molecule has 0 aromatic heterocycles. The average molecular weight is 601 g/mol. The third kappa shape index (κ3) is 7.69. The minimum atomic E-state index is 0. The number of para-hydroxylation sites is 2. The van der Waals surface area contributed by atoms with Crippen LogP contribution in [0.1, 0.15) is 107 Å². The van der Waals surface area contributed by atoms with E-state index < -0.39 is 0 Å². The largest absolute Gasteiger partial charge is 0.507 e. The molecule has 0 aliphatic carbocycles. The Bertz CT molecular complexity index is 1340. The molecule has 3 aromatic carbocycles. The van der Waals surface area contributed by atoms with Crippen LogP contribution in [0.15, 0.2) is 58.5 Å². The van der Waals surface area contributed by atoms with E-state index in [0.717, 1.165) is 43.2 Å². The van der Waals surface area contributed by atoms with E-state index in [9.17, 15) is 10.2 Å². The predicted octanol–water partition coefficient (Wildman–Crippen LogP) is 10.2. The van der Waals surface area contributed by atoms with Crippen molar-refractivity contribution in [3.05, 3.63) is 89.3 Å². The Hall–Kier alpha value is -2.89. The third-order valence-electron chi connectivity index (χ3n) is 9.13. The molecular weight excluding hydrogens is 551 g/mol. The Kier molecular flexibility index (Phi) is 13.5. The van der Waals surface area contributed by atoms with Crippen LogP contribution in [0.4, 0.5) is 11.4 Å². The van der Waals surface area contributed by atoms with Gasteiger partial charge in [0.2, 0.25) is 0 Å². The zero-order chi connectivity index (χ0) is 28.8. The van der Waals surface area contributed by atoms with Gasteiger partial charge in [0.1, 0.15) is 11.5 Å². The maximum atomic E-state index is 10.8. The van der Waals surface area contributed by atoms with Crippen LogP contribution in [-0.4, -0.2) is 22.6 Å². The second-order valence-corrected chi connectivity index (χ2v) is 11.1. The summed E-state index contributed by atoms with van der Waals surface area (Å²) in [6.07, 6.45) is 8.63. The molecule has 0 aliphatic rings. The molecule has 225 valence electrons. The van der Waals surface area contributed by atoms with Gasteiger partial charge in [0.25, 0.3) is 0 Å². The maximum Gasteiger partial charge on any atom is 0.127 e. The molecule has 3 aromatic rings. The van der Waals surface area contributed by atoms with Crippen molar-refractivity contribution in [2.24, 2.45) is 9.98 Å². The number of phenols is 2. The number of phenolic OH excluding ortho intramolecular Hbond substituents is 2. The molecule has 4 nitrogen and oxygen atoms in total. The molecule has 0 saturated carbocycles. The summed E-state index contributed by atoms with van der Waals surface area (Å²) in [5.41, 5.74) is 7.10. The molecular formula is C36H49CoN2O2-. The minimum Gasteiger partial charge on any atom is -0.507 e. The summed E-state index contributed by atoms with van der Waals surface area (Å²) < 4.78 is 0. The zero-order valence-electron chi connectivity index (χ0n) is 26.4. The van der Waals surface area contributed by atoms with E-state index in [1.807, 2.05) is 38.1 Å². The van der Waals surface area contributed by atoms with Gasteiger partial charge in [-0.05, 0) is 103 Å². The summed E-state index contributed by atoms with van der Waals surface area (Å²) in [5.74, 6) is 0.509. The van der Waals surface area contributed by atoms with Crippen LogP contribution in [0.25, 0.3) is 0 Å². The molecule has 0 unspecified atom stereocenters. The fourth-order valence-electron chi connectivity index (χ4n) is 5.45. The van der Waals surface area contributed by atoms with Crippen molar-refractivity contribution in [3.8, 4) is 11.5 Å². The smallest absolute Gasteiger partial charge is 0.127 e. The number of nitrogens with zero attached hydrogens (tertiary/aromatic N) is 2. The normalized spacial score (nSPS) is 12.0. The van der Waals surface area contributed by atoms with Gasteiger partial charge >= 0.3 is 0 Å². The van der Waals surface area contributed by atoms with Gasteiger partial charge < -0.3 is 17.6 Å². The number of hydrogen-bond donors (Lipinski definition) is 2. The van der Waals surface area contributed by atoms with Crippen molar-refractivity contribution in [1.82, 2.24) is 0 Å². The second kappa shape index (κ2) is 15.4. The number of rotatable bonds is 11. The first-order valence-corrected chi connectivity index (χ1v) is 14.4. The van der Waals surface area contributed by atoms with Crippen LogP contribution < -0.4 is 0 Å². The molecule has 0 aliphatic heterocycles. The van der Waals surface area contributed by atoms with Crippen LogP contribution in [-0.2, 0) is 27.6 Å². The summed E-state index contributed by atoms with van der Waals surface area (Å²) in [6.45, 7) is 17.3. The Morgan fingerprint density at radius 1 is 0.659 bits per heavy atom. The fourth-order valence-corrected chi connectivity index (χ4v) is 5.45. The van der Waals surface area contributed by atoms with Crippen molar-refractivity contribution < 1.29 is 27.0 Å². The average Bonchev–Trinajstić information content (AvgIpc) is 2.95. The van der Waals surface area contributed by atoms with Crippen LogP contribution in [0.3, 0.4) is 0 Å². The molecule has 5 heteroatoms. The van der Waals surface area contributed by atoms with E-state index in [1.165, 1.54) is 11.1 Å². The first-order chi connectivity index (χ1) is 18.6. The van der Waals surface area contributed by atoms with E-state index >= 15 is 0 Å². The zero-order valence-corrected chi connectivity index (χ0v) is 27.5. The summed E-state index contributed by atoms with van der Waals surface area (Å²) in [6, 6.07) is 16.0. The predicted molar refractivity (Wildman–Crippen MR) is 174 cm³/mol. The van der Waals surface area contributed by atoms with Crippen molar-refractivity contribution in [3.63, 3.8) is 0 Å². The summed E-state index contributed by atoms with van der Waals surface area (Å²) in [5, 5.41) is 21.6. The second-order valence-electron chi connectivity index (χ2n) is 11.1. The van der Waals surface area contributed by atoms with E-state index in [0.29, 0.717) is 22.5 Å². The monoisotopic (exact) mass is 600 g/mol. The van der Waals surface area contributed by atoms with Gasteiger partial charge in [0, 0.05) is 40.3 Å². The molecule has 41 heavy (non-hydrogen) atoms. The first kappa shape index (κ1) is 36.1. The van der Waals surface area contributed by atoms with Gasteiger partial charge in [-0.3, -0.25) is 9.98 Å². The van der Waals surface area contributed by atoms with Crippen molar-refractivity contribution in [2.75, 3.05) is 0 Å². The molecule has 0 fully saturated rings. The SMILES string of the molecule is CCC(C)(CC)c1cc(C)c(O)c(C=Nc2ccccc2N=Cc2cc(C(CC)(CC)CC)cc(C)c2O)c1.[CH3-].[Co]. The van der Waals surface area contributed by atoms with Crippen LogP contribution >= 0.6 is 0 Å². The van der Waals surface area contributed by atoms with Crippen molar-refractivity contribution >= 4 is 23.8 Å². The number of hydrogen-bond acceptors (Lipinski definition) is 4. The van der Waals surface area contributed by atoms with Gasteiger partial charge in [0.05, 0.1) is 11.4 Å². The number of aliphatic imine (C=N–C) groups is 2. The van der Waals surface area contributed by atoms with Crippen LogP contribution in [0.2, 0.25) is 0 Å². The van der Waals surface area contributed by atoms with Crippen molar-refractivity contribution in [1.29, 1.82) is 0 Å². The van der Waals surface area contributed by atoms with E-state index in [1.54, 1.807) is 12.4 Å². The van der Waals surface area contributed by atoms with Crippen LogP contribution in [0.5, 0.6) is 11.5 Å². The fraction of sp³-hybridized carbons (Fsp3) is 0.417. The summed E-state index contributed by atoms with van der Waals surface area (Å²) >= 11 is 0. The summed E-state index contributed by atoms with van der Waals surface area (Å²) in [4.78, 5) is 9.49. The molecule has 2 N–H and O–H groups in total. The van der Waals surface area contributed by atoms with E-state index in [-0.39, 0.29) is 46.5 Å². The third-order valence-corrected chi connectivity index (χ3v) is 9.13. The summed E-state index contributed by atoms with van der Waals surface area (Å²) in [7, 11) is 0. The molecule has 0 bridgehead atoms. The van der Waals surface area contributed by atoms with Gasteiger partial charge in [-0.15, -0.1) is 0 Å². The first-order valence-electron chi connectivity index (χ1n) is 14.4. The van der Waals surface area contributed by atoms with Crippen molar-refractivity contribution in [2.45, 2.75) is 98.3 Å². The maximum absolute atomic E-state index is 10.8. The number of aromatic hydroxyl groups is 2. The van der Waals surface area contributed by atoms with Gasteiger partial charge in [-0.1, -0.05) is 65.8 Å². The number of aryl methyl sites for hydroxylation is 2.